The van der Waals surface area contributed by atoms with Crippen molar-refractivity contribution >= 4 is 70.1 Å². The number of nitrogens with one attached hydrogen (secondary N) is 3. The summed E-state index contributed by atoms with van der Waals surface area (Å²) in [5, 5.41) is 16.1. The highest BCUT2D eigenvalue weighted by Gasteiger charge is 2.52. The normalized spacial score (nSPS) is 16.9. The summed E-state index contributed by atoms with van der Waals surface area (Å²) in [5.41, 5.74) is -3.71. The standard InChI is InChI=1S/C43H34F4N8O9S/c1-42(2)40(62)54(28-13-8-23(18-48)35(36(28)44)43(45,46)47)41(65)55(42)24-9-12-27(51-19-24)22-6-10-25(11-7-22)63-20-32(57)49-16-17-50-33(58)21-64-30-5-3-4-26-34(30)39(61)53(38(26)60)29-14-15-31(56)52-37(29)59/h3-13,19,29H,14-17,20-21H2,1-2H3,(H,49,57)(H,50,58)(H,52,56,59). The van der Waals surface area contributed by atoms with E-state index in [1.54, 1.807) is 36.4 Å². The van der Waals surface area contributed by atoms with Crippen LogP contribution < -0.4 is 35.2 Å². The summed E-state index contributed by atoms with van der Waals surface area (Å²) < 4.78 is 67.7. The van der Waals surface area contributed by atoms with Crippen molar-refractivity contribution in [1.29, 1.82) is 5.26 Å². The lowest BCUT2D eigenvalue weighted by Crippen LogP contribution is -2.54. The van der Waals surface area contributed by atoms with Crippen LogP contribution >= 0.6 is 12.2 Å². The summed E-state index contributed by atoms with van der Waals surface area (Å²) >= 11 is 5.49. The third-order valence-corrected chi connectivity index (χ3v) is 10.9. The van der Waals surface area contributed by atoms with Crippen LogP contribution in [-0.2, 0) is 30.1 Å². The number of rotatable bonds is 13. The van der Waals surface area contributed by atoms with E-state index in [4.69, 9.17) is 27.0 Å². The van der Waals surface area contributed by atoms with Gasteiger partial charge >= 0.3 is 6.18 Å². The number of hydrogen-bond donors (Lipinski definition) is 3. The lowest BCUT2D eigenvalue weighted by Gasteiger charge is -2.29. The molecule has 22 heteroatoms. The number of pyridine rings is 1. The fourth-order valence-electron chi connectivity index (χ4n) is 7.36. The Kier molecular flexibility index (Phi) is 12.4. The van der Waals surface area contributed by atoms with Gasteiger partial charge in [0.2, 0.25) is 11.8 Å². The van der Waals surface area contributed by atoms with Gasteiger partial charge in [0, 0.05) is 25.1 Å². The lowest BCUT2D eigenvalue weighted by molar-refractivity contribution is -0.140. The molecule has 65 heavy (non-hydrogen) atoms. The first-order valence-electron chi connectivity index (χ1n) is 19.5. The van der Waals surface area contributed by atoms with Crippen molar-refractivity contribution < 1.29 is 60.6 Å². The molecule has 334 valence electrons. The van der Waals surface area contributed by atoms with Crippen LogP contribution in [0.4, 0.5) is 28.9 Å². The van der Waals surface area contributed by atoms with Crippen molar-refractivity contribution in [3.05, 3.63) is 101 Å². The second-order valence-corrected chi connectivity index (χ2v) is 15.4. The van der Waals surface area contributed by atoms with Crippen LogP contribution in [0.2, 0.25) is 0 Å². The van der Waals surface area contributed by atoms with Crippen LogP contribution in [0.15, 0.2) is 72.9 Å². The van der Waals surface area contributed by atoms with Crippen LogP contribution in [0.5, 0.6) is 11.5 Å². The number of fused-ring (bicyclic) bond motifs is 1. The predicted molar refractivity (Wildman–Crippen MR) is 223 cm³/mol. The first-order valence-corrected chi connectivity index (χ1v) is 19.9. The Morgan fingerprint density at radius 1 is 0.938 bits per heavy atom. The molecule has 2 fully saturated rings. The molecule has 7 amide bonds. The van der Waals surface area contributed by atoms with E-state index in [1.165, 1.54) is 49.2 Å². The van der Waals surface area contributed by atoms with Gasteiger partial charge in [-0.05, 0) is 93.1 Å². The average molecular weight is 915 g/mol. The number of imide groups is 2. The molecule has 3 aromatic carbocycles. The molecule has 7 rings (SSSR count). The Balaban J connectivity index is 0.870. The number of piperidine rings is 1. The van der Waals surface area contributed by atoms with E-state index in [0.717, 1.165) is 17.0 Å². The number of benzene rings is 3. The number of carbonyl (C=O) groups is 7. The fourth-order valence-corrected chi connectivity index (χ4v) is 7.88. The largest absolute Gasteiger partial charge is 0.484 e. The van der Waals surface area contributed by atoms with E-state index < -0.39 is 88.3 Å². The predicted octanol–water partition coefficient (Wildman–Crippen LogP) is 3.79. The van der Waals surface area contributed by atoms with Gasteiger partial charge in [0.1, 0.15) is 28.6 Å². The maximum absolute atomic E-state index is 15.4. The molecule has 0 aliphatic carbocycles. The van der Waals surface area contributed by atoms with Gasteiger partial charge in [-0.15, -0.1) is 0 Å². The Bertz CT molecular complexity index is 2720. The van der Waals surface area contributed by atoms with Gasteiger partial charge in [-0.2, -0.15) is 18.4 Å². The van der Waals surface area contributed by atoms with Crippen LogP contribution in [0.3, 0.4) is 0 Å². The number of anilines is 2. The molecule has 3 aliphatic rings. The minimum absolute atomic E-state index is 0.00716. The number of amides is 7. The molecule has 4 heterocycles. The number of nitriles is 1. The van der Waals surface area contributed by atoms with Crippen molar-refractivity contribution in [3.8, 4) is 28.8 Å². The lowest BCUT2D eigenvalue weighted by atomic mass is 10.0. The van der Waals surface area contributed by atoms with Gasteiger partial charge in [-0.25, -0.2) is 4.39 Å². The molecule has 0 spiro atoms. The zero-order chi connectivity index (χ0) is 47.0. The van der Waals surface area contributed by atoms with Gasteiger partial charge in [0.15, 0.2) is 24.1 Å². The smallest absolute Gasteiger partial charge is 0.420 e. The van der Waals surface area contributed by atoms with E-state index in [2.05, 4.69) is 20.9 Å². The highest BCUT2D eigenvalue weighted by molar-refractivity contribution is 7.81. The molecule has 17 nitrogen and oxygen atoms in total. The van der Waals surface area contributed by atoms with E-state index >= 15 is 4.39 Å². The molecule has 2 saturated heterocycles. The van der Waals surface area contributed by atoms with Crippen LogP contribution in [0.1, 0.15) is 58.5 Å². The molecule has 1 atom stereocenters. The third-order valence-electron chi connectivity index (χ3n) is 10.5. The van der Waals surface area contributed by atoms with Gasteiger partial charge in [-0.3, -0.25) is 53.7 Å². The zero-order valence-electron chi connectivity index (χ0n) is 34.1. The molecule has 4 aromatic rings. The summed E-state index contributed by atoms with van der Waals surface area (Å²) in [6, 6.07) is 15.8. The molecule has 3 aliphatic heterocycles. The molecule has 0 radical (unpaired) electrons. The Morgan fingerprint density at radius 2 is 1.62 bits per heavy atom. The monoisotopic (exact) mass is 914 g/mol. The quantitative estimate of drug-likeness (QED) is 0.0754. The number of halogens is 4. The minimum Gasteiger partial charge on any atom is -0.484 e. The molecule has 3 N–H and O–H groups in total. The summed E-state index contributed by atoms with van der Waals surface area (Å²) in [6.07, 6.45) is -3.89. The number of carbonyl (C=O) groups excluding carboxylic acids is 7. The number of hydrogen-bond acceptors (Lipinski definition) is 12. The second-order valence-electron chi connectivity index (χ2n) is 15.1. The van der Waals surface area contributed by atoms with Crippen LogP contribution in [-0.4, -0.2) is 94.2 Å². The number of nitrogens with zero attached hydrogens (tertiary/aromatic N) is 5. The number of aromatic nitrogens is 1. The molecular formula is C43H34F4N8O9S. The highest BCUT2D eigenvalue weighted by atomic mass is 32.1. The molecule has 1 aromatic heterocycles. The molecule has 1 unspecified atom stereocenters. The summed E-state index contributed by atoms with van der Waals surface area (Å²) in [7, 11) is 0. The molecule has 0 bridgehead atoms. The first-order chi connectivity index (χ1) is 30.8. The average Bonchev–Trinajstić information content (AvgIpc) is 3.62. The maximum atomic E-state index is 15.4. The third kappa shape index (κ3) is 8.77. The zero-order valence-corrected chi connectivity index (χ0v) is 34.9. The van der Waals surface area contributed by atoms with E-state index in [0.29, 0.717) is 21.9 Å². The summed E-state index contributed by atoms with van der Waals surface area (Å²) in [5.74, 6) is -6.19. The summed E-state index contributed by atoms with van der Waals surface area (Å²) in [4.78, 5) is 95.8. The van der Waals surface area contributed by atoms with Gasteiger partial charge in [0.05, 0.1) is 46.0 Å². The van der Waals surface area contributed by atoms with Crippen molar-refractivity contribution in [3.63, 3.8) is 0 Å². The first kappa shape index (κ1) is 45.2. The van der Waals surface area contributed by atoms with Crippen molar-refractivity contribution in [2.24, 2.45) is 0 Å². The van der Waals surface area contributed by atoms with Gasteiger partial charge < -0.3 is 25.0 Å². The van der Waals surface area contributed by atoms with E-state index in [1.807, 2.05) is 0 Å². The Labute approximate surface area is 371 Å². The minimum atomic E-state index is -5.22. The van der Waals surface area contributed by atoms with E-state index in [-0.39, 0.29) is 60.2 Å². The highest BCUT2D eigenvalue weighted by Crippen LogP contribution is 2.42. The van der Waals surface area contributed by atoms with Crippen molar-refractivity contribution in [2.45, 2.75) is 44.4 Å². The number of thiocarbonyl (C=S) groups is 1. The summed E-state index contributed by atoms with van der Waals surface area (Å²) in [6.45, 7) is 2.07. The Morgan fingerprint density at radius 3 is 2.23 bits per heavy atom. The molecule has 0 saturated carbocycles. The van der Waals surface area contributed by atoms with E-state index in [9.17, 15) is 46.7 Å². The number of alkyl halides is 3. The Hall–Kier alpha value is -7.80. The number of ether oxygens (including phenoxy) is 2. The fraction of sp³-hybridized carbons (Fsp3) is 0.256. The van der Waals surface area contributed by atoms with Crippen molar-refractivity contribution in [1.82, 2.24) is 25.8 Å². The van der Waals surface area contributed by atoms with Crippen LogP contribution in [0, 0.1) is 17.1 Å². The maximum Gasteiger partial charge on any atom is 0.420 e. The second kappa shape index (κ2) is 17.8. The van der Waals surface area contributed by atoms with Crippen LogP contribution in [0.25, 0.3) is 11.3 Å². The topological polar surface area (TPSA) is 220 Å². The SMILES string of the molecule is CC1(C)C(=O)N(c2ccc(C#N)c(C(F)(F)F)c2F)C(=S)N1c1ccc(-c2ccc(OCC(=O)NCCNC(=O)COc3cccc4c3C(=O)N(C3CCC(=O)NC3=O)C4=O)cc2)nc1. The van der Waals surface area contributed by atoms with Gasteiger partial charge in [0.25, 0.3) is 29.5 Å². The van der Waals surface area contributed by atoms with Crippen molar-refractivity contribution in [2.75, 3.05) is 36.1 Å². The van der Waals surface area contributed by atoms with Gasteiger partial charge in [-0.1, -0.05) is 6.07 Å². The molecular weight excluding hydrogens is 881 g/mol.